The Morgan fingerprint density at radius 3 is 2.60 bits per heavy atom. The molecule has 0 unspecified atom stereocenters. The predicted octanol–water partition coefficient (Wildman–Crippen LogP) is 4.10. The average molecular weight is 336 g/mol. The molecule has 0 radical (unpaired) electrons. The third-order valence-electron chi connectivity index (χ3n) is 4.61. The Morgan fingerprint density at radius 1 is 1.20 bits per heavy atom. The Morgan fingerprint density at radius 2 is 1.92 bits per heavy atom. The zero-order valence-electron chi connectivity index (χ0n) is 14.4. The largest absolute Gasteiger partial charge is 0.507 e. The number of allylic oxidation sites excluding steroid dienone is 2. The van der Waals surface area contributed by atoms with Crippen LogP contribution in [0.1, 0.15) is 29.8 Å². The second-order valence-electron chi connectivity index (χ2n) is 6.54. The van der Waals surface area contributed by atoms with Crippen molar-refractivity contribution in [1.29, 1.82) is 0 Å². The average Bonchev–Trinajstić information content (AvgIpc) is 2.77. The maximum Gasteiger partial charge on any atom is 0.339 e. The van der Waals surface area contributed by atoms with Gasteiger partial charge in [0.05, 0.1) is 5.69 Å². The highest BCUT2D eigenvalue weighted by molar-refractivity contribution is 5.92. The van der Waals surface area contributed by atoms with Crippen LogP contribution in [-0.4, -0.2) is 29.4 Å². The highest BCUT2D eigenvalue weighted by atomic mass is 16.4. The Balaban J connectivity index is 1.91. The normalized spacial score (nSPS) is 17.2. The summed E-state index contributed by atoms with van der Waals surface area (Å²) in [4.78, 5) is 17.5. The minimum absolute atomic E-state index is 0.140. The molecule has 0 spiro atoms. The maximum atomic E-state index is 11.1. The van der Waals surface area contributed by atoms with Crippen LogP contribution in [0.15, 0.2) is 59.2 Å². The number of carboxylic acid groups (broad SMARTS) is 1. The molecule has 128 valence electrons. The van der Waals surface area contributed by atoms with Crippen molar-refractivity contribution >= 4 is 23.6 Å². The number of hydrogen-bond acceptors (Lipinski definition) is 4. The first kappa shape index (κ1) is 16.8. The Bertz CT molecular complexity index is 898. The van der Waals surface area contributed by atoms with E-state index in [1.165, 1.54) is 23.4 Å². The molecule has 25 heavy (non-hydrogen) atoms. The number of benzene rings is 2. The van der Waals surface area contributed by atoms with Crippen LogP contribution in [0.5, 0.6) is 5.75 Å². The van der Waals surface area contributed by atoms with E-state index in [2.05, 4.69) is 35.9 Å². The fraction of sp³-hybridized carbons (Fsp3) is 0.200. The molecule has 5 nitrogen and oxygen atoms in total. The van der Waals surface area contributed by atoms with Crippen LogP contribution in [0, 0.1) is 0 Å². The van der Waals surface area contributed by atoms with Crippen LogP contribution in [0.4, 0.5) is 11.4 Å². The van der Waals surface area contributed by atoms with Gasteiger partial charge in [-0.2, -0.15) is 0 Å². The molecule has 0 aromatic heterocycles. The quantitative estimate of drug-likeness (QED) is 0.828. The number of aromatic carboxylic acids is 1. The smallest absolute Gasteiger partial charge is 0.339 e. The molecule has 1 aliphatic heterocycles. The molecule has 2 N–H and O–H groups in total. The Hall–Kier alpha value is -3.08. The van der Waals surface area contributed by atoms with Crippen molar-refractivity contribution in [3.8, 4) is 5.75 Å². The summed E-state index contributed by atoms with van der Waals surface area (Å²) in [5.41, 5.74) is 3.71. The third-order valence-corrected chi connectivity index (χ3v) is 4.61. The first-order valence-electron chi connectivity index (χ1n) is 7.96. The SMILES string of the molecule is CN1C(=CC=Nc2ccc(O)c(C(=O)O)c2)C(C)(C)c2ccccc21. The van der Waals surface area contributed by atoms with Gasteiger partial charge >= 0.3 is 5.97 Å². The first-order chi connectivity index (χ1) is 11.8. The summed E-state index contributed by atoms with van der Waals surface area (Å²) >= 11 is 0. The van der Waals surface area contributed by atoms with E-state index >= 15 is 0 Å². The molecule has 0 aliphatic carbocycles. The van der Waals surface area contributed by atoms with E-state index in [1.54, 1.807) is 12.3 Å². The van der Waals surface area contributed by atoms with Crippen molar-refractivity contribution in [1.82, 2.24) is 0 Å². The molecule has 0 amide bonds. The van der Waals surface area contributed by atoms with Gasteiger partial charge in [-0.1, -0.05) is 32.0 Å². The van der Waals surface area contributed by atoms with Crippen LogP contribution >= 0.6 is 0 Å². The summed E-state index contributed by atoms with van der Waals surface area (Å²) < 4.78 is 0. The lowest BCUT2D eigenvalue weighted by atomic mass is 9.84. The highest BCUT2D eigenvalue weighted by Gasteiger charge is 2.37. The molecule has 0 fully saturated rings. The van der Waals surface area contributed by atoms with Gasteiger partial charge < -0.3 is 15.1 Å². The summed E-state index contributed by atoms with van der Waals surface area (Å²) in [5, 5.41) is 18.6. The minimum atomic E-state index is -1.18. The van der Waals surface area contributed by atoms with Crippen molar-refractivity contribution in [2.45, 2.75) is 19.3 Å². The van der Waals surface area contributed by atoms with E-state index in [0.717, 1.165) is 5.70 Å². The molecular formula is C20H20N2O3. The summed E-state index contributed by atoms with van der Waals surface area (Å²) in [5.74, 6) is -1.45. The van der Waals surface area contributed by atoms with Crippen LogP contribution < -0.4 is 4.90 Å². The number of likely N-dealkylation sites (N-methyl/N-ethyl adjacent to an activating group) is 1. The van der Waals surface area contributed by atoms with Gasteiger partial charge in [-0.25, -0.2) is 4.79 Å². The fourth-order valence-electron chi connectivity index (χ4n) is 3.27. The zero-order chi connectivity index (χ0) is 18.2. The second kappa shape index (κ2) is 6.09. The summed E-state index contributed by atoms with van der Waals surface area (Å²) in [6.45, 7) is 4.33. The van der Waals surface area contributed by atoms with E-state index in [4.69, 9.17) is 5.11 Å². The van der Waals surface area contributed by atoms with Crippen LogP contribution in [0.25, 0.3) is 0 Å². The lowest BCUT2D eigenvalue weighted by Crippen LogP contribution is -2.23. The van der Waals surface area contributed by atoms with E-state index in [9.17, 15) is 9.90 Å². The monoisotopic (exact) mass is 336 g/mol. The number of nitrogens with zero attached hydrogens (tertiary/aromatic N) is 2. The van der Waals surface area contributed by atoms with Gasteiger partial charge in [0.25, 0.3) is 0 Å². The van der Waals surface area contributed by atoms with Crippen molar-refractivity contribution in [2.75, 3.05) is 11.9 Å². The van der Waals surface area contributed by atoms with Gasteiger partial charge in [-0.3, -0.25) is 4.99 Å². The Kier molecular flexibility index (Phi) is 4.08. The fourth-order valence-corrected chi connectivity index (χ4v) is 3.27. The molecule has 5 heteroatoms. The number of phenols is 1. The molecule has 2 aromatic carbocycles. The number of rotatable bonds is 3. The van der Waals surface area contributed by atoms with Crippen LogP contribution in [0.2, 0.25) is 0 Å². The van der Waals surface area contributed by atoms with E-state index < -0.39 is 5.97 Å². The van der Waals surface area contributed by atoms with Gasteiger partial charge in [-0.15, -0.1) is 0 Å². The van der Waals surface area contributed by atoms with Crippen molar-refractivity contribution in [3.05, 3.63) is 65.4 Å². The summed E-state index contributed by atoms with van der Waals surface area (Å²) in [7, 11) is 2.02. The topological polar surface area (TPSA) is 73.1 Å². The molecule has 0 saturated heterocycles. The molecule has 0 saturated carbocycles. The van der Waals surface area contributed by atoms with Gasteiger partial charge in [0, 0.05) is 30.1 Å². The third kappa shape index (κ3) is 2.89. The van der Waals surface area contributed by atoms with E-state index in [0.29, 0.717) is 5.69 Å². The molecule has 1 heterocycles. The molecule has 3 rings (SSSR count). The van der Waals surface area contributed by atoms with Gasteiger partial charge in [0.2, 0.25) is 0 Å². The number of fused-ring (bicyclic) bond motifs is 1. The molecule has 0 atom stereocenters. The number of anilines is 1. The second-order valence-corrected chi connectivity index (χ2v) is 6.54. The molecule has 0 bridgehead atoms. The summed E-state index contributed by atoms with van der Waals surface area (Å²) in [6.07, 6.45) is 3.60. The summed E-state index contributed by atoms with van der Waals surface area (Å²) in [6, 6.07) is 12.5. The van der Waals surface area contributed by atoms with Crippen LogP contribution in [0.3, 0.4) is 0 Å². The standard InChI is InChI=1S/C20H20N2O3/c1-20(2)15-6-4-5-7-16(15)22(3)18(20)10-11-21-13-8-9-17(23)14(12-13)19(24)25/h4-12,23H,1-3H3,(H,24,25). The van der Waals surface area contributed by atoms with E-state index in [1.807, 2.05) is 25.3 Å². The van der Waals surface area contributed by atoms with Crippen molar-refractivity contribution in [2.24, 2.45) is 4.99 Å². The van der Waals surface area contributed by atoms with Crippen LogP contribution in [-0.2, 0) is 5.41 Å². The number of carbonyl (C=O) groups is 1. The lowest BCUT2D eigenvalue weighted by molar-refractivity contribution is 0.0694. The van der Waals surface area contributed by atoms with Gasteiger partial charge in [0.1, 0.15) is 11.3 Å². The number of aromatic hydroxyl groups is 1. The minimum Gasteiger partial charge on any atom is -0.507 e. The van der Waals surface area contributed by atoms with Crippen molar-refractivity contribution < 1.29 is 15.0 Å². The Labute approximate surface area is 146 Å². The predicted molar refractivity (Wildman–Crippen MR) is 99.2 cm³/mol. The molecular weight excluding hydrogens is 316 g/mol. The zero-order valence-corrected chi connectivity index (χ0v) is 14.4. The maximum absolute atomic E-state index is 11.1. The number of carboxylic acids is 1. The number of hydrogen-bond donors (Lipinski definition) is 2. The molecule has 2 aromatic rings. The lowest BCUT2D eigenvalue weighted by Gasteiger charge is -2.23. The van der Waals surface area contributed by atoms with Gasteiger partial charge in [-0.05, 0) is 35.9 Å². The molecule has 1 aliphatic rings. The van der Waals surface area contributed by atoms with Crippen molar-refractivity contribution in [3.63, 3.8) is 0 Å². The van der Waals surface area contributed by atoms with Gasteiger partial charge in [0.15, 0.2) is 0 Å². The first-order valence-corrected chi connectivity index (χ1v) is 7.96. The number of aliphatic imine (C=N–C) groups is 1. The highest BCUT2D eigenvalue weighted by Crippen LogP contribution is 2.46. The number of para-hydroxylation sites is 1. The van der Waals surface area contributed by atoms with E-state index in [-0.39, 0.29) is 16.7 Å².